The molecule has 0 aliphatic heterocycles. The highest BCUT2D eigenvalue weighted by Crippen LogP contribution is 2.23. The van der Waals surface area contributed by atoms with E-state index in [1.165, 1.54) is 7.11 Å². The van der Waals surface area contributed by atoms with Gasteiger partial charge in [0.1, 0.15) is 0 Å². The van der Waals surface area contributed by atoms with E-state index in [1.54, 1.807) is 12.1 Å². The van der Waals surface area contributed by atoms with E-state index >= 15 is 0 Å². The summed E-state index contributed by atoms with van der Waals surface area (Å²) in [6, 6.07) is 7.31. The molecule has 118 valence electrons. The van der Waals surface area contributed by atoms with Crippen LogP contribution in [-0.4, -0.2) is 27.2 Å². The summed E-state index contributed by atoms with van der Waals surface area (Å²) in [6.07, 6.45) is 0.336. The number of carbonyl (C=O) groups is 1. The predicted molar refractivity (Wildman–Crippen MR) is 83.8 cm³/mol. The van der Waals surface area contributed by atoms with Crippen molar-refractivity contribution in [3.8, 4) is 0 Å². The molecule has 0 spiro atoms. The lowest BCUT2D eigenvalue weighted by atomic mass is 9.87. The van der Waals surface area contributed by atoms with Gasteiger partial charge in [0.05, 0.1) is 12.9 Å². The van der Waals surface area contributed by atoms with Crippen LogP contribution in [-0.2, 0) is 25.0 Å². The van der Waals surface area contributed by atoms with Gasteiger partial charge >= 0.3 is 5.97 Å². The van der Waals surface area contributed by atoms with Crippen LogP contribution in [0.25, 0.3) is 0 Å². The minimum Gasteiger partial charge on any atom is -0.469 e. The van der Waals surface area contributed by atoms with Crippen LogP contribution < -0.4 is 4.72 Å². The van der Waals surface area contributed by atoms with Crippen molar-refractivity contribution >= 4 is 21.7 Å². The summed E-state index contributed by atoms with van der Waals surface area (Å²) in [4.78, 5) is 10.9. The average Bonchev–Trinajstić information content (AvgIpc) is 2.37. The van der Waals surface area contributed by atoms with Crippen molar-refractivity contribution in [2.75, 3.05) is 17.6 Å². The van der Waals surface area contributed by atoms with Gasteiger partial charge in [-0.25, -0.2) is 8.42 Å². The number of hydrogen-bond donors (Lipinski definition) is 1. The highest BCUT2D eigenvalue weighted by atomic mass is 32.2. The number of anilines is 1. The standard InChI is InChI=1S/C15H23NO4S/c1-15(2,3)12-7-9-13(10-8-12)16-21(18,19)11-5-6-14(17)20-4/h7-10,16H,5-6,11H2,1-4H3. The van der Waals surface area contributed by atoms with Crippen molar-refractivity contribution in [1.82, 2.24) is 0 Å². The second-order valence-corrected chi connectivity index (χ2v) is 7.77. The summed E-state index contributed by atoms with van der Waals surface area (Å²) in [7, 11) is -2.16. The molecule has 1 rings (SSSR count). The number of rotatable bonds is 6. The Morgan fingerprint density at radius 2 is 1.76 bits per heavy atom. The lowest BCUT2D eigenvalue weighted by molar-refractivity contribution is -0.140. The van der Waals surface area contributed by atoms with Crippen LogP contribution in [0.4, 0.5) is 5.69 Å². The van der Waals surface area contributed by atoms with Gasteiger partial charge in [-0.2, -0.15) is 0 Å². The van der Waals surface area contributed by atoms with Gasteiger partial charge in [-0.05, 0) is 29.5 Å². The van der Waals surface area contributed by atoms with E-state index in [0.29, 0.717) is 5.69 Å². The fourth-order valence-corrected chi connectivity index (χ4v) is 2.90. The number of hydrogen-bond acceptors (Lipinski definition) is 4. The molecule has 0 fully saturated rings. The largest absolute Gasteiger partial charge is 0.469 e. The SMILES string of the molecule is COC(=O)CCCS(=O)(=O)Nc1ccc(C(C)(C)C)cc1. The third-order valence-electron chi connectivity index (χ3n) is 3.05. The molecule has 0 heterocycles. The molecule has 0 atom stereocenters. The minimum atomic E-state index is -3.44. The number of esters is 1. The van der Waals surface area contributed by atoms with Gasteiger partial charge in [0.25, 0.3) is 0 Å². The summed E-state index contributed by atoms with van der Waals surface area (Å²) in [5, 5.41) is 0. The number of sulfonamides is 1. The molecule has 21 heavy (non-hydrogen) atoms. The van der Waals surface area contributed by atoms with Crippen LogP contribution in [0.15, 0.2) is 24.3 Å². The molecular weight excluding hydrogens is 290 g/mol. The number of benzene rings is 1. The smallest absolute Gasteiger partial charge is 0.305 e. The molecule has 0 saturated heterocycles. The minimum absolute atomic E-state index is 0.0257. The maximum absolute atomic E-state index is 11.9. The number of nitrogens with one attached hydrogen (secondary N) is 1. The first kappa shape index (κ1) is 17.5. The molecule has 0 aromatic heterocycles. The van der Waals surface area contributed by atoms with Crippen LogP contribution >= 0.6 is 0 Å². The zero-order chi connectivity index (χ0) is 16.1. The van der Waals surface area contributed by atoms with E-state index in [0.717, 1.165) is 5.56 Å². The number of carbonyl (C=O) groups excluding carboxylic acids is 1. The number of ether oxygens (including phenoxy) is 1. The molecular formula is C15H23NO4S. The van der Waals surface area contributed by atoms with Crippen molar-refractivity contribution in [1.29, 1.82) is 0 Å². The van der Waals surface area contributed by atoms with Gasteiger partial charge in [-0.1, -0.05) is 32.9 Å². The normalized spacial score (nSPS) is 12.0. The van der Waals surface area contributed by atoms with Crippen LogP contribution in [0, 0.1) is 0 Å². The van der Waals surface area contributed by atoms with Crippen LogP contribution in [0.2, 0.25) is 0 Å². The fourth-order valence-electron chi connectivity index (χ4n) is 1.78. The molecule has 5 nitrogen and oxygen atoms in total. The third-order valence-corrected chi connectivity index (χ3v) is 4.42. The monoisotopic (exact) mass is 313 g/mol. The van der Waals surface area contributed by atoms with Gasteiger partial charge in [-0.3, -0.25) is 9.52 Å². The van der Waals surface area contributed by atoms with Gasteiger partial charge in [0.2, 0.25) is 10.0 Å². The highest BCUT2D eigenvalue weighted by molar-refractivity contribution is 7.92. The summed E-state index contributed by atoms with van der Waals surface area (Å²) in [5.41, 5.74) is 1.69. The highest BCUT2D eigenvalue weighted by Gasteiger charge is 2.15. The Labute approximate surface area is 126 Å². The molecule has 0 radical (unpaired) electrons. The van der Waals surface area contributed by atoms with Gasteiger partial charge < -0.3 is 4.74 Å². The van der Waals surface area contributed by atoms with Crippen molar-refractivity contribution in [2.24, 2.45) is 0 Å². The predicted octanol–water partition coefficient (Wildman–Crippen LogP) is 2.68. The molecule has 0 amide bonds. The Bertz CT molecular complexity index is 571. The summed E-state index contributed by atoms with van der Waals surface area (Å²) in [6.45, 7) is 6.29. The first-order chi connectivity index (χ1) is 9.64. The quantitative estimate of drug-likeness (QED) is 0.820. The lowest BCUT2D eigenvalue weighted by Crippen LogP contribution is -2.18. The van der Waals surface area contributed by atoms with E-state index in [9.17, 15) is 13.2 Å². The van der Waals surface area contributed by atoms with Crippen molar-refractivity contribution in [3.63, 3.8) is 0 Å². The average molecular weight is 313 g/mol. The summed E-state index contributed by atoms with van der Waals surface area (Å²) >= 11 is 0. The van der Waals surface area contributed by atoms with Gasteiger partial charge in [0.15, 0.2) is 0 Å². The van der Waals surface area contributed by atoms with Gasteiger partial charge in [0, 0.05) is 12.1 Å². The Hall–Kier alpha value is -1.56. The lowest BCUT2D eigenvalue weighted by Gasteiger charge is -2.19. The summed E-state index contributed by atoms with van der Waals surface area (Å²) < 4.78 is 30.8. The third kappa shape index (κ3) is 6.16. The Kier molecular flexibility index (Phi) is 5.78. The van der Waals surface area contributed by atoms with Crippen molar-refractivity contribution < 1.29 is 17.9 Å². The Morgan fingerprint density at radius 1 is 1.19 bits per heavy atom. The van der Waals surface area contributed by atoms with E-state index in [4.69, 9.17) is 0 Å². The van der Waals surface area contributed by atoms with Crippen molar-refractivity contribution in [3.05, 3.63) is 29.8 Å². The molecule has 1 aromatic rings. The van der Waals surface area contributed by atoms with Crippen LogP contribution in [0.5, 0.6) is 0 Å². The van der Waals surface area contributed by atoms with Crippen molar-refractivity contribution in [2.45, 2.75) is 39.0 Å². The first-order valence-electron chi connectivity index (χ1n) is 6.82. The molecule has 0 unspecified atom stereocenters. The van der Waals surface area contributed by atoms with Gasteiger partial charge in [-0.15, -0.1) is 0 Å². The molecule has 6 heteroatoms. The topological polar surface area (TPSA) is 72.5 Å². The van der Waals surface area contributed by atoms with E-state index in [1.807, 2.05) is 12.1 Å². The molecule has 0 bridgehead atoms. The molecule has 0 aliphatic carbocycles. The zero-order valence-corrected chi connectivity index (χ0v) is 13.8. The van der Waals surface area contributed by atoms with E-state index < -0.39 is 16.0 Å². The zero-order valence-electron chi connectivity index (χ0n) is 13.0. The Balaban J connectivity index is 2.61. The maximum atomic E-state index is 11.9. The Morgan fingerprint density at radius 3 is 2.24 bits per heavy atom. The first-order valence-corrected chi connectivity index (χ1v) is 8.47. The van der Waals surface area contributed by atoms with E-state index in [2.05, 4.69) is 30.2 Å². The molecule has 0 saturated carbocycles. The maximum Gasteiger partial charge on any atom is 0.305 e. The molecule has 1 N–H and O–H groups in total. The molecule has 0 aliphatic rings. The second-order valence-electron chi connectivity index (χ2n) is 5.93. The second kappa shape index (κ2) is 6.93. The number of methoxy groups -OCH3 is 1. The fraction of sp³-hybridized carbons (Fsp3) is 0.533. The summed E-state index contributed by atoms with van der Waals surface area (Å²) in [5.74, 6) is -0.511. The van der Waals surface area contributed by atoms with Crippen LogP contribution in [0.3, 0.4) is 0 Å². The van der Waals surface area contributed by atoms with Crippen LogP contribution in [0.1, 0.15) is 39.2 Å². The van der Waals surface area contributed by atoms with E-state index in [-0.39, 0.29) is 24.0 Å². The molecule has 1 aromatic carbocycles.